The van der Waals surface area contributed by atoms with Gasteiger partial charge in [0, 0.05) is 0 Å². The molecule has 0 radical (unpaired) electrons. The van der Waals surface area contributed by atoms with Gasteiger partial charge in [0.25, 0.3) is 0 Å². The van der Waals surface area contributed by atoms with Gasteiger partial charge >= 0.3 is 40.0 Å². The number of hydrogen-bond donors (Lipinski definition) is 2. The molecular formula is C3H7NaO8S2. The van der Waals surface area contributed by atoms with Gasteiger partial charge in [0.05, 0.1) is 6.61 Å². The molecule has 0 heterocycles. The predicted molar refractivity (Wildman–Crippen MR) is 40.0 cm³/mol. The van der Waals surface area contributed by atoms with E-state index < -0.39 is 20.8 Å². The quantitative estimate of drug-likeness (QED) is 0.226. The maximum Gasteiger partial charge on any atom is 1.00 e. The third kappa shape index (κ3) is 54.8. The Kier molecular flexibility index (Phi) is 12.5. The molecule has 0 spiro atoms. The third-order valence-corrected chi connectivity index (χ3v) is 0.755. The smallest absolute Gasteiger partial charge is 0.726 e. The van der Waals surface area contributed by atoms with Gasteiger partial charge in [-0.05, 0) is 0 Å². The van der Waals surface area contributed by atoms with E-state index in [2.05, 4.69) is 10.8 Å². The van der Waals surface area contributed by atoms with Crippen LogP contribution in [0.1, 0.15) is 0 Å². The fraction of sp³-hybridized carbons (Fsp3) is 0.333. The van der Waals surface area contributed by atoms with Crippen molar-refractivity contribution in [3.63, 3.8) is 0 Å². The first-order chi connectivity index (χ1) is 5.56. The van der Waals surface area contributed by atoms with E-state index in [0.717, 1.165) is 0 Å². The molecule has 0 amide bonds. The SMILES string of the molecule is C=CCOS(=O)(=O)[O-].O=S(=O)(O)O.[Na+]. The second kappa shape index (κ2) is 8.76. The van der Waals surface area contributed by atoms with Crippen LogP contribution < -0.4 is 29.6 Å². The Bertz CT molecular complexity index is 320. The maximum atomic E-state index is 9.56. The maximum absolute atomic E-state index is 9.56. The summed E-state index contributed by atoms with van der Waals surface area (Å²) in [4.78, 5) is 0. The molecule has 14 heavy (non-hydrogen) atoms. The zero-order valence-corrected chi connectivity index (χ0v) is 10.8. The van der Waals surface area contributed by atoms with E-state index in [1.807, 2.05) is 0 Å². The van der Waals surface area contributed by atoms with E-state index in [-0.39, 0.29) is 36.2 Å². The van der Waals surface area contributed by atoms with Gasteiger partial charge in [0.1, 0.15) is 0 Å². The average molecular weight is 258 g/mol. The minimum atomic E-state index is -4.67. The Labute approximate surface area is 104 Å². The third-order valence-electron chi connectivity index (χ3n) is 0.330. The normalized spacial score (nSPS) is 10.5. The van der Waals surface area contributed by atoms with Crippen LogP contribution in [0.3, 0.4) is 0 Å². The van der Waals surface area contributed by atoms with Gasteiger partial charge in [-0.1, -0.05) is 6.08 Å². The molecule has 80 valence electrons. The molecule has 0 aliphatic rings. The minimum Gasteiger partial charge on any atom is -0.726 e. The molecule has 11 heteroatoms. The molecule has 0 aromatic heterocycles. The topological polar surface area (TPSA) is 141 Å². The summed E-state index contributed by atoms with van der Waals surface area (Å²) < 4.78 is 64.0. The molecular weight excluding hydrogens is 251 g/mol. The minimum absolute atomic E-state index is 0. The van der Waals surface area contributed by atoms with Crippen molar-refractivity contribution in [1.29, 1.82) is 0 Å². The summed E-state index contributed by atoms with van der Waals surface area (Å²) in [6.07, 6.45) is 1.18. The largest absolute Gasteiger partial charge is 1.00 e. The molecule has 8 nitrogen and oxygen atoms in total. The number of hydrogen-bond acceptors (Lipinski definition) is 6. The van der Waals surface area contributed by atoms with Crippen LogP contribution in [0.2, 0.25) is 0 Å². The molecule has 0 unspecified atom stereocenters. The summed E-state index contributed by atoms with van der Waals surface area (Å²) >= 11 is 0. The van der Waals surface area contributed by atoms with Gasteiger partial charge < -0.3 is 4.55 Å². The Morgan fingerprint density at radius 2 is 1.57 bits per heavy atom. The van der Waals surface area contributed by atoms with Crippen LogP contribution in [0.4, 0.5) is 0 Å². The van der Waals surface area contributed by atoms with Crippen LogP contribution in [0, 0.1) is 0 Å². The Morgan fingerprint density at radius 1 is 1.29 bits per heavy atom. The molecule has 0 fully saturated rings. The van der Waals surface area contributed by atoms with Gasteiger partial charge in [0.2, 0.25) is 10.4 Å². The van der Waals surface area contributed by atoms with E-state index in [9.17, 15) is 13.0 Å². The van der Waals surface area contributed by atoms with Crippen LogP contribution in [0.15, 0.2) is 12.7 Å². The Balaban J connectivity index is -0.000000177. The first-order valence-corrected chi connectivity index (χ1v) is 5.20. The molecule has 0 aliphatic heterocycles. The van der Waals surface area contributed by atoms with Crippen molar-refractivity contribution in [2.45, 2.75) is 0 Å². The van der Waals surface area contributed by atoms with Gasteiger partial charge in [-0.15, -0.1) is 6.58 Å². The van der Waals surface area contributed by atoms with Crippen molar-refractivity contribution in [3.8, 4) is 0 Å². The second-order valence-electron chi connectivity index (χ2n) is 1.43. The van der Waals surface area contributed by atoms with Crippen molar-refractivity contribution in [1.82, 2.24) is 0 Å². The van der Waals surface area contributed by atoms with E-state index in [1.165, 1.54) is 6.08 Å². The molecule has 0 rings (SSSR count). The van der Waals surface area contributed by atoms with E-state index in [0.29, 0.717) is 0 Å². The molecule has 2 N–H and O–H groups in total. The molecule has 0 saturated heterocycles. The van der Waals surface area contributed by atoms with Crippen LogP contribution in [0.5, 0.6) is 0 Å². The fourth-order valence-electron chi connectivity index (χ4n) is 0.131. The molecule has 0 aromatic rings. The monoisotopic (exact) mass is 258 g/mol. The zero-order chi connectivity index (χ0) is 11.1. The first kappa shape index (κ1) is 20.0. The van der Waals surface area contributed by atoms with Gasteiger partial charge in [-0.25, -0.2) is 8.42 Å². The van der Waals surface area contributed by atoms with Crippen LogP contribution in [-0.4, -0.2) is 37.1 Å². The summed E-state index contributed by atoms with van der Waals surface area (Å²) in [7, 11) is -9.17. The van der Waals surface area contributed by atoms with Crippen molar-refractivity contribution in [3.05, 3.63) is 12.7 Å². The fourth-order valence-corrected chi connectivity index (χ4v) is 0.394. The van der Waals surface area contributed by atoms with Crippen molar-refractivity contribution >= 4 is 20.8 Å². The Morgan fingerprint density at radius 3 is 1.64 bits per heavy atom. The van der Waals surface area contributed by atoms with Gasteiger partial charge in [-0.3, -0.25) is 13.3 Å². The summed E-state index contributed by atoms with van der Waals surface area (Å²) in [5, 5.41) is 0. The number of rotatable bonds is 3. The van der Waals surface area contributed by atoms with Crippen molar-refractivity contribution in [2.24, 2.45) is 0 Å². The van der Waals surface area contributed by atoms with E-state index in [1.54, 1.807) is 0 Å². The summed E-state index contributed by atoms with van der Waals surface area (Å²) in [5.41, 5.74) is 0. The van der Waals surface area contributed by atoms with Crippen LogP contribution >= 0.6 is 0 Å². The molecule has 0 atom stereocenters. The first-order valence-electron chi connectivity index (χ1n) is 2.47. The zero-order valence-electron chi connectivity index (χ0n) is 7.15. The molecule has 0 aromatic carbocycles. The van der Waals surface area contributed by atoms with E-state index in [4.69, 9.17) is 17.5 Å². The van der Waals surface area contributed by atoms with E-state index >= 15 is 0 Å². The van der Waals surface area contributed by atoms with Crippen molar-refractivity contribution < 1.29 is 64.2 Å². The predicted octanol–water partition coefficient (Wildman–Crippen LogP) is -4.00. The molecule has 0 bridgehead atoms. The molecule has 0 saturated carbocycles. The van der Waals surface area contributed by atoms with Gasteiger partial charge in [-0.2, -0.15) is 8.42 Å². The summed E-state index contributed by atoms with van der Waals surface area (Å²) in [5.74, 6) is 0. The average Bonchev–Trinajstić information content (AvgIpc) is 1.77. The van der Waals surface area contributed by atoms with Crippen LogP contribution in [-0.2, 0) is 25.0 Å². The van der Waals surface area contributed by atoms with Gasteiger partial charge in [0.15, 0.2) is 0 Å². The standard InChI is InChI=1S/C3H6O4S.Na.H2O4S/c1-2-3-7-8(4,5)6;;1-5(2,3)4/h2H,1,3H2,(H,4,5,6);;(H2,1,2,3,4)/q;+1;/p-1. The van der Waals surface area contributed by atoms with Crippen LogP contribution in [0.25, 0.3) is 0 Å². The van der Waals surface area contributed by atoms with Crippen molar-refractivity contribution in [2.75, 3.05) is 6.61 Å². The molecule has 0 aliphatic carbocycles. The summed E-state index contributed by atoms with van der Waals surface area (Å²) in [6, 6.07) is 0. The second-order valence-corrected chi connectivity index (χ2v) is 3.38. The summed E-state index contributed by atoms with van der Waals surface area (Å²) in [6.45, 7) is 2.88. The Hall–Kier alpha value is 0.480.